The number of piperazine rings is 1. The Balaban J connectivity index is 1.81. The summed E-state index contributed by atoms with van der Waals surface area (Å²) < 4.78 is 45.3. The Morgan fingerprint density at radius 3 is 2.50 bits per heavy atom. The highest BCUT2D eigenvalue weighted by Crippen LogP contribution is 2.39. The van der Waals surface area contributed by atoms with Crippen LogP contribution in [0.3, 0.4) is 0 Å². The minimum Gasteiger partial charge on any atom is -0.486 e. The average Bonchev–Trinajstić information content (AvgIpc) is 3.43. The van der Waals surface area contributed by atoms with Gasteiger partial charge in [-0.05, 0) is 30.4 Å². The number of hydrogen-bond acceptors (Lipinski definition) is 5. The van der Waals surface area contributed by atoms with Gasteiger partial charge in [0.05, 0.1) is 13.3 Å². The molecule has 1 aromatic rings. The van der Waals surface area contributed by atoms with E-state index in [4.69, 9.17) is 10.1 Å². The van der Waals surface area contributed by atoms with Gasteiger partial charge in [0, 0.05) is 44.1 Å². The maximum absolute atomic E-state index is 13.4. The van der Waals surface area contributed by atoms with E-state index < -0.39 is 24.2 Å². The fourth-order valence-corrected chi connectivity index (χ4v) is 3.17. The summed E-state index contributed by atoms with van der Waals surface area (Å²) in [6, 6.07) is 2.69. The van der Waals surface area contributed by atoms with Crippen LogP contribution in [0.15, 0.2) is 29.7 Å². The summed E-state index contributed by atoms with van der Waals surface area (Å²) in [5, 5.41) is 13.4. The molecule has 0 aromatic heterocycles. The lowest BCUT2D eigenvalue weighted by atomic mass is 10.2. The Bertz CT molecular complexity index is 745. The van der Waals surface area contributed by atoms with Gasteiger partial charge < -0.3 is 25.7 Å². The minimum atomic E-state index is -0.820. The van der Waals surface area contributed by atoms with Crippen molar-refractivity contribution in [3.63, 3.8) is 0 Å². The number of rotatable bonds is 8. The maximum Gasteiger partial charge on any atom is 0.293 e. The molecule has 2 aliphatic rings. The molecule has 0 unspecified atom stereocenters. The number of halogens is 3. The van der Waals surface area contributed by atoms with E-state index in [9.17, 15) is 18.0 Å². The van der Waals surface area contributed by atoms with Crippen LogP contribution in [0, 0.1) is 28.9 Å². The van der Waals surface area contributed by atoms with Crippen molar-refractivity contribution in [2.24, 2.45) is 11.8 Å². The largest absolute Gasteiger partial charge is 0.486 e. The zero-order valence-electron chi connectivity index (χ0n) is 15.3. The Morgan fingerprint density at radius 2 is 1.93 bits per heavy atom. The number of hydrogen-bond donors (Lipinski definition) is 3. The van der Waals surface area contributed by atoms with Crippen molar-refractivity contribution in [2.45, 2.75) is 6.42 Å². The van der Waals surface area contributed by atoms with Gasteiger partial charge >= 0.3 is 0 Å². The third-order valence-electron chi connectivity index (χ3n) is 4.86. The molecule has 2 fully saturated rings. The van der Waals surface area contributed by atoms with Crippen molar-refractivity contribution in [1.29, 1.82) is 5.41 Å². The number of amides is 1. The Hall–Kier alpha value is -2.55. The van der Waals surface area contributed by atoms with Gasteiger partial charge in [0.15, 0.2) is 0 Å². The van der Waals surface area contributed by atoms with Crippen molar-refractivity contribution in [1.82, 2.24) is 10.2 Å². The molecule has 3 rings (SSSR count). The molecule has 6 nitrogen and oxygen atoms in total. The summed E-state index contributed by atoms with van der Waals surface area (Å²) in [6.45, 7) is 2.25. The minimum absolute atomic E-state index is 0.0226. The molecule has 0 radical (unpaired) electrons. The molecule has 1 aromatic carbocycles. The van der Waals surface area contributed by atoms with Crippen LogP contribution < -0.4 is 10.6 Å². The number of benzene rings is 1. The Kier molecular flexibility index (Phi) is 6.56. The van der Waals surface area contributed by atoms with Crippen LogP contribution in [0.2, 0.25) is 0 Å². The van der Waals surface area contributed by atoms with Crippen LogP contribution in [-0.2, 0) is 9.53 Å². The predicted octanol–water partition coefficient (Wildman–Crippen LogP) is 2.29. The number of nitrogens with one attached hydrogen (secondary N) is 3. The molecule has 9 heteroatoms. The van der Waals surface area contributed by atoms with E-state index in [1.165, 1.54) is 0 Å². The van der Waals surface area contributed by atoms with Crippen LogP contribution in [0.25, 0.3) is 0 Å². The summed E-state index contributed by atoms with van der Waals surface area (Å²) >= 11 is 0. The predicted molar refractivity (Wildman–Crippen MR) is 98.8 cm³/mol. The second kappa shape index (κ2) is 9.09. The van der Waals surface area contributed by atoms with E-state index in [2.05, 4.69) is 10.6 Å². The van der Waals surface area contributed by atoms with Gasteiger partial charge in [-0.25, -0.2) is 8.78 Å². The lowest BCUT2D eigenvalue weighted by Gasteiger charge is -2.31. The summed E-state index contributed by atoms with van der Waals surface area (Å²) in [7, 11) is 0. The molecule has 0 spiro atoms. The molecule has 1 aliphatic heterocycles. The third-order valence-corrected chi connectivity index (χ3v) is 4.86. The zero-order chi connectivity index (χ0) is 20.1. The fraction of sp³-hybridized carbons (Fsp3) is 0.474. The van der Waals surface area contributed by atoms with Crippen molar-refractivity contribution < 1.29 is 22.7 Å². The number of carbonyl (C=O) groups is 1. The third kappa shape index (κ3) is 5.03. The van der Waals surface area contributed by atoms with E-state index in [1.54, 1.807) is 0 Å². The number of anilines is 1. The van der Waals surface area contributed by atoms with E-state index in [0.717, 1.165) is 18.3 Å². The molecule has 0 bridgehead atoms. The van der Waals surface area contributed by atoms with E-state index >= 15 is 0 Å². The number of carbonyl (C=O) groups excluding carboxylic acids is 1. The van der Waals surface area contributed by atoms with Crippen molar-refractivity contribution >= 4 is 17.8 Å². The highest BCUT2D eigenvalue weighted by atomic mass is 19.1. The van der Waals surface area contributed by atoms with Gasteiger partial charge in [-0.2, -0.15) is 0 Å². The number of allylic oxidation sites excluding steroid dienone is 1. The normalized spacial score (nSPS) is 22.3. The van der Waals surface area contributed by atoms with Crippen molar-refractivity contribution in [3.8, 4) is 0 Å². The van der Waals surface area contributed by atoms with Crippen molar-refractivity contribution in [3.05, 3.63) is 41.3 Å². The molecule has 2 atom stereocenters. The number of alkyl halides is 1. The maximum atomic E-state index is 13.4. The SMILES string of the molecule is N=C/C(=C(/OC[C@H]1C[C@@H]1CF)C(=O)Nc1cc(F)cc(F)c1)N1CCNCC1. The second-order valence-electron chi connectivity index (χ2n) is 6.93. The van der Waals surface area contributed by atoms with Crippen LogP contribution in [0.5, 0.6) is 0 Å². The average molecular weight is 396 g/mol. The fourth-order valence-electron chi connectivity index (χ4n) is 3.17. The standard InChI is InChI=1S/C19H23F3N4O2/c20-9-12-5-13(12)11-28-18(17(10-23)26-3-1-24-2-4-26)19(27)25-16-7-14(21)6-15(22)8-16/h6-8,10,12-13,23-24H,1-5,9,11H2,(H,25,27)/b18-17-,23-10?/t12-,13-/m1/s1. The molecule has 1 saturated carbocycles. The van der Waals surface area contributed by atoms with Crippen LogP contribution in [0.1, 0.15) is 6.42 Å². The molecular weight excluding hydrogens is 373 g/mol. The summed E-state index contributed by atoms with van der Waals surface area (Å²) in [4.78, 5) is 14.6. The highest BCUT2D eigenvalue weighted by molar-refractivity contribution is 6.05. The van der Waals surface area contributed by atoms with E-state index in [1.807, 2.05) is 4.90 Å². The summed E-state index contributed by atoms with van der Waals surface area (Å²) in [5.74, 6) is -2.50. The first-order valence-corrected chi connectivity index (χ1v) is 9.18. The van der Waals surface area contributed by atoms with Crippen LogP contribution in [0.4, 0.5) is 18.9 Å². The van der Waals surface area contributed by atoms with E-state index in [0.29, 0.717) is 38.7 Å². The molecule has 152 valence electrons. The second-order valence-corrected chi connectivity index (χ2v) is 6.93. The molecule has 1 aliphatic carbocycles. The Morgan fingerprint density at radius 1 is 1.25 bits per heavy atom. The summed E-state index contributed by atoms with van der Waals surface area (Å²) in [6.07, 6.45) is 1.72. The van der Waals surface area contributed by atoms with Gasteiger partial charge in [-0.15, -0.1) is 0 Å². The first-order valence-electron chi connectivity index (χ1n) is 9.18. The quantitative estimate of drug-likeness (QED) is 0.358. The highest BCUT2D eigenvalue weighted by Gasteiger charge is 2.38. The van der Waals surface area contributed by atoms with Crippen molar-refractivity contribution in [2.75, 3.05) is 44.8 Å². The zero-order valence-corrected chi connectivity index (χ0v) is 15.3. The molecule has 3 N–H and O–H groups in total. The van der Waals surface area contributed by atoms with E-state index in [-0.39, 0.29) is 35.6 Å². The smallest absolute Gasteiger partial charge is 0.293 e. The summed E-state index contributed by atoms with van der Waals surface area (Å²) in [5.41, 5.74) is 0.231. The van der Waals surface area contributed by atoms with Gasteiger partial charge in [0.25, 0.3) is 5.91 Å². The van der Waals surface area contributed by atoms with Gasteiger partial charge in [0.1, 0.15) is 17.3 Å². The molecule has 1 saturated heterocycles. The first kappa shape index (κ1) is 20.2. The van der Waals surface area contributed by atoms with Crippen LogP contribution >= 0.6 is 0 Å². The topological polar surface area (TPSA) is 77.5 Å². The molecule has 1 amide bonds. The lowest BCUT2D eigenvalue weighted by Crippen LogP contribution is -2.44. The lowest BCUT2D eigenvalue weighted by molar-refractivity contribution is -0.116. The Labute approximate surface area is 161 Å². The number of ether oxygens (including phenoxy) is 1. The van der Waals surface area contributed by atoms with Crippen LogP contribution in [-0.4, -0.2) is 56.5 Å². The van der Waals surface area contributed by atoms with Gasteiger partial charge in [-0.1, -0.05) is 0 Å². The van der Waals surface area contributed by atoms with Gasteiger partial charge in [0.2, 0.25) is 5.76 Å². The molecule has 1 heterocycles. The molecular formula is C19H23F3N4O2. The monoisotopic (exact) mass is 396 g/mol. The number of nitrogens with zero attached hydrogens (tertiary/aromatic N) is 1. The van der Waals surface area contributed by atoms with Gasteiger partial charge in [-0.3, -0.25) is 9.18 Å². The molecule has 28 heavy (non-hydrogen) atoms. The first-order chi connectivity index (χ1) is 13.5.